The highest BCUT2D eigenvalue weighted by Crippen LogP contribution is 2.15. The van der Waals surface area contributed by atoms with E-state index in [9.17, 15) is 14.7 Å². The molecule has 0 saturated carbocycles. The molecule has 0 radical (unpaired) electrons. The van der Waals surface area contributed by atoms with E-state index in [2.05, 4.69) is 26.0 Å². The fraction of sp³-hybridized carbons (Fsp3) is 0.900. The lowest BCUT2D eigenvalue weighted by molar-refractivity contribution is -0.161. The largest absolute Gasteiger partial charge is 0.462 e. The lowest BCUT2D eigenvalue weighted by Gasteiger charge is -2.15. The number of ether oxygens (including phenoxy) is 2. The second-order valence-electron chi connectivity index (χ2n) is 13.4. The Kier molecular flexibility index (Phi) is 36.0. The first-order valence-electron chi connectivity index (χ1n) is 19.7. The maximum atomic E-state index is 12.1. The first-order valence-corrected chi connectivity index (χ1v) is 19.7. The van der Waals surface area contributed by atoms with Gasteiger partial charge in [-0.15, -0.1) is 0 Å². The van der Waals surface area contributed by atoms with Crippen LogP contribution in [0, 0.1) is 0 Å². The van der Waals surface area contributed by atoms with Gasteiger partial charge in [0.15, 0.2) is 6.10 Å². The molecule has 5 nitrogen and oxygen atoms in total. The van der Waals surface area contributed by atoms with Crippen LogP contribution in [-0.2, 0) is 19.1 Å². The van der Waals surface area contributed by atoms with Crippen molar-refractivity contribution in [3.8, 4) is 0 Å². The van der Waals surface area contributed by atoms with Gasteiger partial charge in [0, 0.05) is 12.8 Å². The molecule has 0 aliphatic rings. The van der Waals surface area contributed by atoms with Gasteiger partial charge in [0.05, 0.1) is 6.61 Å². The Morgan fingerprint density at radius 2 is 0.822 bits per heavy atom. The van der Waals surface area contributed by atoms with Crippen LogP contribution < -0.4 is 0 Å². The Balaban J connectivity index is 3.50. The minimum atomic E-state index is -0.768. The highest BCUT2D eigenvalue weighted by molar-refractivity contribution is 5.70. The van der Waals surface area contributed by atoms with Crippen molar-refractivity contribution < 1.29 is 24.2 Å². The molecule has 0 spiro atoms. The molecule has 45 heavy (non-hydrogen) atoms. The van der Waals surface area contributed by atoms with Crippen LogP contribution in [0.5, 0.6) is 0 Å². The maximum Gasteiger partial charge on any atom is 0.306 e. The van der Waals surface area contributed by atoms with Gasteiger partial charge in [0.2, 0.25) is 0 Å². The third kappa shape index (κ3) is 35.3. The van der Waals surface area contributed by atoms with Gasteiger partial charge in [-0.1, -0.05) is 174 Å². The predicted octanol–water partition coefficient (Wildman–Crippen LogP) is 12.1. The van der Waals surface area contributed by atoms with Gasteiger partial charge in [0.1, 0.15) is 6.61 Å². The molecule has 0 amide bonds. The zero-order chi connectivity index (χ0) is 32.9. The second-order valence-corrected chi connectivity index (χ2v) is 13.4. The van der Waals surface area contributed by atoms with Crippen LogP contribution in [0.25, 0.3) is 0 Å². The molecule has 0 bridgehead atoms. The standard InChI is InChI=1S/C40H76O5/c1-3-5-7-9-11-13-15-17-18-19-20-21-23-24-26-28-30-32-34-39(42)44-37-38(36-41)45-40(43)35-33-31-29-27-25-22-16-14-12-10-8-6-4-2/h14,16,38,41H,3-13,15,17-37H2,1-2H3/b16-14+/t38-/m0/s1. The molecule has 0 unspecified atom stereocenters. The Bertz CT molecular complexity index is 647. The third-order valence-corrected chi connectivity index (χ3v) is 8.81. The van der Waals surface area contributed by atoms with E-state index in [1.807, 2.05) is 0 Å². The number of hydrogen-bond donors (Lipinski definition) is 1. The Morgan fingerprint density at radius 1 is 0.489 bits per heavy atom. The van der Waals surface area contributed by atoms with E-state index >= 15 is 0 Å². The topological polar surface area (TPSA) is 72.8 Å². The first-order chi connectivity index (χ1) is 22.1. The summed E-state index contributed by atoms with van der Waals surface area (Å²) in [6.45, 7) is 4.13. The fourth-order valence-electron chi connectivity index (χ4n) is 5.78. The fourth-order valence-corrected chi connectivity index (χ4v) is 5.78. The van der Waals surface area contributed by atoms with Crippen LogP contribution >= 0.6 is 0 Å². The molecule has 0 aromatic heterocycles. The van der Waals surface area contributed by atoms with E-state index in [0.717, 1.165) is 38.5 Å². The van der Waals surface area contributed by atoms with Crippen molar-refractivity contribution in [1.29, 1.82) is 0 Å². The van der Waals surface area contributed by atoms with E-state index in [-0.39, 0.29) is 25.2 Å². The molecule has 0 aromatic carbocycles. The number of carbonyl (C=O) groups excluding carboxylic acids is 2. The zero-order valence-electron chi connectivity index (χ0n) is 30.1. The number of rotatable bonds is 36. The SMILES string of the molecule is CCCCCC/C=C/CCCCCCCC(=O)O[C@@H](CO)COC(=O)CCCCCCCCCCCCCCCCCCCC. The molecule has 0 saturated heterocycles. The quantitative estimate of drug-likeness (QED) is 0.0421. The first kappa shape index (κ1) is 43.6. The lowest BCUT2D eigenvalue weighted by atomic mass is 10.0. The summed E-state index contributed by atoms with van der Waals surface area (Å²) in [6, 6.07) is 0. The lowest BCUT2D eigenvalue weighted by Crippen LogP contribution is -2.28. The summed E-state index contributed by atoms with van der Waals surface area (Å²) in [7, 11) is 0. The molecule has 0 aromatic rings. The van der Waals surface area contributed by atoms with Gasteiger partial charge in [-0.2, -0.15) is 0 Å². The predicted molar refractivity (Wildman–Crippen MR) is 192 cm³/mol. The van der Waals surface area contributed by atoms with Crippen LogP contribution in [0.15, 0.2) is 12.2 Å². The van der Waals surface area contributed by atoms with Crippen molar-refractivity contribution in [2.24, 2.45) is 0 Å². The van der Waals surface area contributed by atoms with Gasteiger partial charge in [-0.3, -0.25) is 9.59 Å². The van der Waals surface area contributed by atoms with Crippen molar-refractivity contribution in [3.63, 3.8) is 0 Å². The van der Waals surface area contributed by atoms with Gasteiger partial charge in [-0.05, 0) is 38.5 Å². The van der Waals surface area contributed by atoms with E-state index in [1.165, 1.54) is 148 Å². The normalized spacial score (nSPS) is 12.2. The second kappa shape index (κ2) is 37.1. The highest BCUT2D eigenvalue weighted by atomic mass is 16.6. The number of carbonyl (C=O) groups is 2. The Hall–Kier alpha value is -1.36. The number of unbranched alkanes of at least 4 members (excludes halogenated alkanes) is 26. The third-order valence-electron chi connectivity index (χ3n) is 8.81. The molecule has 0 fully saturated rings. The number of aliphatic hydroxyl groups excluding tert-OH is 1. The van der Waals surface area contributed by atoms with E-state index < -0.39 is 6.10 Å². The molecule has 0 rings (SSSR count). The molecule has 5 heteroatoms. The van der Waals surface area contributed by atoms with Crippen LogP contribution in [0.2, 0.25) is 0 Å². The summed E-state index contributed by atoms with van der Waals surface area (Å²) in [5.41, 5.74) is 0. The molecular weight excluding hydrogens is 560 g/mol. The van der Waals surface area contributed by atoms with Gasteiger partial charge >= 0.3 is 11.9 Å². The van der Waals surface area contributed by atoms with Crippen LogP contribution in [-0.4, -0.2) is 36.4 Å². The molecule has 1 atom stereocenters. The highest BCUT2D eigenvalue weighted by Gasteiger charge is 2.16. The van der Waals surface area contributed by atoms with Crippen molar-refractivity contribution >= 4 is 11.9 Å². The van der Waals surface area contributed by atoms with Gasteiger partial charge in [-0.25, -0.2) is 0 Å². The van der Waals surface area contributed by atoms with Gasteiger partial charge in [0.25, 0.3) is 0 Å². The van der Waals surface area contributed by atoms with Crippen molar-refractivity contribution in [2.45, 2.75) is 219 Å². The Labute approximate surface area is 280 Å². The molecule has 1 N–H and O–H groups in total. The van der Waals surface area contributed by atoms with Crippen LogP contribution in [0.3, 0.4) is 0 Å². The molecule has 0 aliphatic carbocycles. The van der Waals surface area contributed by atoms with Crippen molar-refractivity contribution in [1.82, 2.24) is 0 Å². The van der Waals surface area contributed by atoms with E-state index in [0.29, 0.717) is 12.8 Å². The minimum Gasteiger partial charge on any atom is -0.462 e. The average Bonchev–Trinajstić information content (AvgIpc) is 3.04. The monoisotopic (exact) mass is 637 g/mol. The maximum absolute atomic E-state index is 12.1. The number of hydrogen-bond acceptors (Lipinski definition) is 5. The molecule has 266 valence electrons. The number of esters is 2. The summed E-state index contributed by atoms with van der Waals surface area (Å²) in [5.74, 6) is -0.591. The summed E-state index contributed by atoms with van der Waals surface area (Å²) in [6.07, 6.45) is 41.3. The number of allylic oxidation sites excluding steroid dienone is 2. The summed E-state index contributed by atoms with van der Waals surface area (Å²) in [4.78, 5) is 24.2. The Morgan fingerprint density at radius 3 is 1.22 bits per heavy atom. The van der Waals surface area contributed by atoms with Crippen LogP contribution in [0.1, 0.15) is 213 Å². The molecule has 0 aliphatic heterocycles. The minimum absolute atomic E-state index is 0.0633. The number of aliphatic hydroxyl groups is 1. The zero-order valence-corrected chi connectivity index (χ0v) is 30.1. The van der Waals surface area contributed by atoms with Crippen molar-refractivity contribution in [2.75, 3.05) is 13.2 Å². The van der Waals surface area contributed by atoms with E-state index in [1.54, 1.807) is 0 Å². The van der Waals surface area contributed by atoms with Crippen molar-refractivity contribution in [3.05, 3.63) is 12.2 Å². The van der Waals surface area contributed by atoms with Gasteiger partial charge < -0.3 is 14.6 Å². The summed E-state index contributed by atoms with van der Waals surface area (Å²) < 4.78 is 10.6. The van der Waals surface area contributed by atoms with Crippen LogP contribution in [0.4, 0.5) is 0 Å². The summed E-state index contributed by atoms with van der Waals surface area (Å²) in [5, 5.41) is 9.54. The van der Waals surface area contributed by atoms with E-state index in [4.69, 9.17) is 9.47 Å². The molecule has 0 heterocycles. The molecular formula is C40H76O5. The average molecular weight is 637 g/mol. The smallest absolute Gasteiger partial charge is 0.306 e. The summed E-state index contributed by atoms with van der Waals surface area (Å²) >= 11 is 0.